The van der Waals surface area contributed by atoms with E-state index in [-0.39, 0.29) is 22.9 Å². The largest absolute Gasteiger partial charge is 0.477 e. The van der Waals surface area contributed by atoms with Crippen LogP contribution in [0.3, 0.4) is 0 Å². The van der Waals surface area contributed by atoms with Crippen molar-refractivity contribution in [3.8, 4) is 0 Å². The number of carbonyl (C=O) groups excluding carboxylic acids is 1. The summed E-state index contributed by atoms with van der Waals surface area (Å²) >= 11 is 1.64. The average Bonchev–Trinajstić information content (AvgIpc) is 2.15. The second-order valence-electron chi connectivity index (χ2n) is 3.63. The molecule has 5 heteroatoms. The van der Waals surface area contributed by atoms with Crippen LogP contribution in [0.5, 0.6) is 0 Å². The van der Waals surface area contributed by atoms with Crippen molar-refractivity contribution in [2.75, 3.05) is 5.75 Å². The monoisotopic (exact) mass is 213 g/mol. The van der Waals surface area contributed by atoms with Gasteiger partial charge >= 0.3 is 5.97 Å². The summed E-state index contributed by atoms with van der Waals surface area (Å²) < 4.78 is 0. The molecule has 1 N–H and O–H groups in total. The first-order chi connectivity index (χ1) is 6.54. The normalized spacial score (nSPS) is 31.3. The average molecular weight is 213 g/mol. The number of thioether (sulfide) groups is 1. The number of rotatable bonds is 1. The molecule has 1 amide bonds. The molecule has 1 saturated heterocycles. The zero-order chi connectivity index (χ0) is 10.5. The van der Waals surface area contributed by atoms with Crippen LogP contribution in [0.1, 0.15) is 13.8 Å². The number of carbonyl (C=O) groups is 2. The van der Waals surface area contributed by atoms with E-state index in [0.29, 0.717) is 5.75 Å². The Morgan fingerprint density at radius 3 is 2.86 bits per heavy atom. The van der Waals surface area contributed by atoms with E-state index in [1.54, 1.807) is 18.7 Å². The fraction of sp³-hybridized carbons (Fsp3) is 0.556. The molecule has 0 saturated carbocycles. The molecule has 2 atom stereocenters. The molecule has 14 heavy (non-hydrogen) atoms. The predicted octanol–water partition coefficient (Wildman–Crippen LogP) is 0.896. The minimum atomic E-state index is -0.993. The first-order valence-corrected chi connectivity index (χ1v) is 5.46. The van der Waals surface area contributed by atoms with E-state index in [4.69, 9.17) is 5.11 Å². The molecule has 0 aromatic heterocycles. The van der Waals surface area contributed by atoms with Crippen molar-refractivity contribution in [2.24, 2.45) is 5.92 Å². The molecule has 0 bridgehead atoms. The Morgan fingerprint density at radius 1 is 1.64 bits per heavy atom. The van der Waals surface area contributed by atoms with Crippen molar-refractivity contribution in [1.82, 2.24) is 4.90 Å². The Balaban J connectivity index is 2.37. The first-order valence-electron chi connectivity index (χ1n) is 4.41. The van der Waals surface area contributed by atoms with Crippen LogP contribution in [0, 0.1) is 5.92 Å². The summed E-state index contributed by atoms with van der Waals surface area (Å²) in [4.78, 5) is 23.8. The van der Waals surface area contributed by atoms with Gasteiger partial charge in [-0.2, -0.15) is 0 Å². The minimum absolute atomic E-state index is 0.0392. The fourth-order valence-corrected chi connectivity index (χ4v) is 3.16. The van der Waals surface area contributed by atoms with Crippen LogP contribution < -0.4 is 0 Å². The molecule has 2 heterocycles. The number of hydrogen-bond acceptors (Lipinski definition) is 3. The van der Waals surface area contributed by atoms with E-state index in [0.717, 1.165) is 5.57 Å². The second-order valence-corrected chi connectivity index (χ2v) is 4.74. The van der Waals surface area contributed by atoms with E-state index in [1.165, 1.54) is 4.90 Å². The van der Waals surface area contributed by atoms with E-state index < -0.39 is 5.97 Å². The quantitative estimate of drug-likeness (QED) is 0.657. The van der Waals surface area contributed by atoms with E-state index in [9.17, 15) is 9.59 Å². The van der Waals surface area contributed by atoms with Gasteiger partial charge in [-0.1, -0.05) is 6.92 Å². The molecule has 76 valence electrons. The molecule has 0 radical (unpaired) electrons. The van der Waals surface area contributed by atoms with Gasteiger partial charge in [-0.05, 0) is 12.5 Å². The van der Waals surface area contributed by atoms with Gasteiger partial charge in [0.2, 0.25) is 5.91 Å². The number of amides is 1. The lowest BCUT2D eigenvalue weighted by Gasteiger charge is -2.48. The number of carboxylic acid groups (broad SMARTS) is 1. The van der Waals surface area contributed by atoms with Crippen molar-refractivity contribution in [2.45, 2.75) is 19.2 Å². The summed E-state index contributed by atoms with van der Waals surface area (Å²) in [6.45, 7) is 3.61. The minimum Gasteiger partial charge on any atom is -0.477 e. The number of fused-ring (bicyclic) bond motifs is 1. The number of hydrogen-bond donors (Lipinski definition) is 1. The molecule has 0 aromatic rings. The molecular formula is C9H11NO3S. The Hall–Kier alpha value is -0.970. The van der Waals surface area contributed by atoms with Crippen LogP contribution in [0.25, 0.3) is 0 Å². The highest BCUT2D eigenvalue weighted by atomic mass is 32.2. The summed E-state index contributed by atoms with van der Waals surface area (Å²) in [7, 11) is 0. The molecule has 2 unspecified atom stereocenters. The zero-order valence-electron chi connectivity index (χ0n) is 7.98. The van der Waals surface area contributed by atoms with Crippen molar-refractivity contribution in [3.05, 3.63) is 11.3 Å². The van der Waals surface area contributed by atoms with Crippen molar-refractivity contribution in [3.63, 3.8) is 0 Å². The molecule has 2 rings (SSSR count). The maximum atomic E-state index is 11.5. The Labute approximate surface area is 86.0 Å². The molecule has 0 aromatic carbocycles. The van der Waals surface area contributed by atoms with E-state index in [2.05, 4.69) is 0 Å². The van der Waals surface area contributed by atoms with Gasteiger partial charge in [0.15, 0.2) is 0 Å². The molecular weight excluding hydrogens is 202 g/mol. The maximum Gasteiger partial charge on any atom is 0.352 e. The zero-order valence-corrected chi connectivity index (χ0v) is 8.80. The summed E-state index contributed by atoms with van der Waals surface area (Å²) in [5.74, 6) is -0.394. The van der Waals surface area contributed by atoms with Crippen molar-refractivity contribution < 1.29 is 14.7 Å². The third kappa shape index (κ3) is 1.08. The molecule has 1 fully saturated rings. The predicted molar refractivity (Wildman–Crippen MR) is 52.6 cm³/mol. The molecule has 2 aliphatic heterocycles. The SMILES string of the molecule is CC1=C(C(=O)O)N2C(=O)C(C)C2SC1. The molecule has 4 nitrogen and oxygen atoms in total. The van der Waals surface area contributed by atoms with Gasteiger partial charge in [0.25, 0.3) is 0 Å². The van der Waals surface area contributed by atoms with Gasteiger partial charge in [-0.25, -0.2) is 4.79 Å². The lowest BCUT2D eigenvalue weighted by atomic mass is 9.98. The van der Waals surface area contributed by atoms with Crippen LogP contribution >= 0.6 is 11.8 Å². The van der Waals surface area contributed by atoms with Crippen LogP contribution in [0.4, 0.5) is 0 Å². The van der Waals surface area contributed by atoms with Gasteiger partial charge < -0.3 is 5.11 Å². The highest BCUT2D eigenvalue weighted by molar-refractivity contribution is 8.00. The van der Waals surface area contributed by atoms with E-state index in [1.807, 2.05) is 6.92 Å². The number of β-lactam (4-membered cyclic amide) rings is 1. The van der Waals surface area contributed by atoms with E-state index >= 15 is 0 Å². The molecule has 2 aliphatic rings. The van der Waals surface area contributed by atoms with Gasteiger partial charge in [0.1, 0.15) is 5.70 Å². The highest BCUT2D eigenvalue weighted by Gasteiger charge is 2.50. The van der Waals surface area contributed by atoms with Gasteiger partial charge in [-0.3, -0.25) is 9.69 Å². The Morgan fingerprint density at radius 2 is 2.29 bits per heavy atom. The summed E-state index contributed by atoms with van der Waals surface area (Å²) in [6, 6.07) is 0. The lowest BCUT2D eigenvalue weighted by Crippen LogP contribution is -2.60. The number of nitrogens with zero attached hydrogens (tertiary/aromatic N) is 1. The van der Waals surface area contributed by atoms with Crippen LogP contribution in [0.15, 0.2) is 11.3 Å². The Bertz CT molecular complexity index is 350. The third-order valence-electron chi connectivity index (χ3n) is 2.63. The number of aliphatic carboxylic acids is 1. The summed E-state index contributed by atoms with van der Waals surface area (Å²) in [5.41, 5.74) is 0.968. The van der Waals surface area contributed by atoms with Crippen LogP contribution in [0.2, 0.25) is 0 Å². The van der Waals surface area contributed by atoms with Gasteiger partial charge in [-0.15, -0.1) is 11.8 Å². The molecule has 0 aliphatic carbocycles. The van der Waals surface area contributed by atoms with Crippen molar-refractivity contribution in [1.29, 1.82) is 0 Å². The van der Waals surface area contributed by atoms with Gasteiger partial charge in [0.05, 0.1) is 11.3 Å². The standard InChI is InChI=1S/C9H11NO3S/c1-4-3-14-8-5(2)7(11)10(8)6(4)9(12)13/h5,8H,3H2,1-2H3,(H,12,13). The summed E-state index contributed by atoms with van der Waals surface area (Å²) in [6.07, 6.45) is 0. The fourth-order valence-electron chi connectivity index (χ4n) is 1.83. The topological polar surface area (TPSA) is 57.6 Å². The second kappa shape index (κ2) is 3.02. The third-order valence-corrected chi connectivity index (χ3v) is 4.19. The van der Waals surface area contributed by atoms with Gasteiger partial charge in [0, 0.05) is 5.75 Å². The maximum absolute atomic E-state index is 11.5. The number of carboxylic acids is 1. The lowest BCUT2D eigenvalue weighted by molar-refractivity contribution is -0.151. The first kappa shape index (κ1) is 9.58. The highest BCUT2D eigenvalue weighted by Crippen LogP contribution is 2.43. The molecule has 0 spiro atoms. The smallest absolute Gasteiger partial charge is 0.352 e. The van der Waals surface area contributed by atoms with Crippen LogP contribution in [-0.4, -0.2) is 33.0 Å². The summed E-state index contributed by atoms with van der Waals surface area (Å²) in [5, 5.41) is 9.01. The van der Waals surface area contributed by atoms with Crippen LogP contribution in [-0.2, 0) is 9.59 Å². The van der Waals surface area contributed by atoms with Crippen molar-refractivity contribution >= 4 is 23.6 Å². The Kier molecular flexibility index (Phi) is 2.06.